The van der Waals surface area contributed by atoms with Gasteiger partial charge in [-0.15, -0.1) is 0 Å². The van der Waals surface area contributed by atoms with Gasteiger partial charge in [0.2, 0.25) is 0 Å². The highest BCUT2D eigenvalue weighted by atomic mass is 16.6. The molecule has 4 aliphatic rings. The summed E-state index contributed by atoms with van der Waals surface area (Å²) in [5.41, 5.74) is -2.02. The number of rotatable bonds is 14. The Morgan fingerprint density at radius 2 is 1.40 bits per heavy atom. The van der Waals surface area contributed by atoms with Crippen LogP contribution < -0.4 is 11.1 Å². The van der Waals surface area contributed by atoms with E-state index in [4.69, 9.17) is 39.6 Å². The minimum absolute atomic E-state index is 0.00289. The van der Waals surface area contributed by atoms with Gasteiger partial charge < -0.3 is 60.3 Å². The van der Waals surface area contributed by atoms with Crippen molar-refractivity contribution in [2.75, 3.05) is 6.61 Å². The van der Waals surface area contributed by atoms with Crippen LogP contribution in [0.3, 0.4) is 0 Å². The zero-order valence-corrected chi connectivity index (χ0v) is 40.5. The zero-order chi connectivity index (χ0) is 53.1. The first-order valence-corrected chi connectivity index (χ1v) is 23.2. The molecular weight excluding hydrogens is 941 g/mol. The molecule has 1 heterocycles. The van der Waals surface area contributed by atoms with Gasteiger partial charge in [-0.2, -0.15) is 0 Å². The van der Waals surface area contributed by atoms with Crippen molar-refractivity contribution in [3.8, 4) is 0 Å². The molecule has 1 unspecified atom stereocenters. The number of carbonyl (C=O) groups excluding carboxylic acids is 6. The largest absolute Gasteiger partial charge is 0.481 e. The zero-order valence-electron chi connectivity index (χ0n) is 40.5. The molecule has 3 aromatic carbocycles. The maximum Gasteiger partial charge on any atom is 0.338 e. The van der Waals surface area contributed by atoms with E-state index in [9.17, 15) is 48.9 Å². The van der Waals surface area contributed by atoms with E-state index in [1.54, 1.807) is 92.7 Å². The maximum absolute atomic E-state index is 15.5. The van der Waals surface area contributed by atoms with Gasteiger partial charge in [0, 0.05) is 44.1 Å². The predicted octanol–water partition coefficient (Wildman–Crippen LogP) is 3.00. The molecule has 0 aromatic heterocycles. The highest BCUT2D eigenvalue weighted by Gasteiger charge is 2.78. The van der Waals surface area contributed by atoms with Crippen molar-refractivity contribution in [3.05, 3.63) is 119 Å². The Balaban J connectivity index is 0.000000764. The first-order valence-electron chi connectivity index (χ1n) is 23.2. The number of hydrogen-bond acceptors (Lipinski definition) is 17. The summed E-state index contributed by atoms with van der Waals surface area (Å²) in [6.45, 7) is 7.97. The Bertz CT molecular complexity index is 2590. The highest BCUT2D eigenvalue weighted by Crippen LogP contribution is 2.64. The molecule has 1 saturated heterocycles. The summed E-state index contributed by atoms with van der Waals surface area (Å²) in [6, 6.07) is 21.9. The van der Waals surface area contributed by atoms with Crippen LogP contribution in [0.1, 0.15) is 99.5 Å². The summed E-state index contributed by atoms with van der Waals surface area (Å²) in [4.78, 5) is 103. The van der Waals surface area contributed by atoms with Gasteiger partial charge in [0.1, 0.15) is 30.0 Å². The highest BCUT2D eigenvalue weighted by molar-refractivity contribution is 5.96. The van der Waals surface area contributed by atoms with Crippen LogP contribution >= 0.6 is 0 Å². The third-order valence-electron chi connectivity index (χ3n) is 14.5. The van der Waals surface area contributed by atoms with E-state index >= 15 is 4.79 Å². The van der Waals surface area contributed by atoms with E-state index in [1.165, 1.54) is 26.0 Å². The smallest absolute Gasteiger partial charge is 0.338 e. The number of fused-ring (bicyclic) bond motifs is 5. The molecule has 7 rings (SSSR count). The number of aliphatic hydroxyl groups is 3. The molecule has 3 fully saturated rings. The summed E-state index contributed by atoms with van der Waals surface area (Å²) in [5, 5.41) is 56.5. The molecule has 72 heavy (non-hydrogen) atoms. The number of carboxylic acid groups (broad SMARTS) is 2. The van der Waals surface area contributed by atoms with Gasteiger partial charge in [-0.1, -0.05) is 80.6 Å². The number of ether oxygens (including phenoxy) is 5. The molecule has 20 heteroatoms. The van der Waals surface area contributed by atoms with E-state index in [2.05, 4.69) is 5.32 Å². The van der Waals surface area contributed by atoms with Crippen molar-refractivity contribution in [3.63, 3.8) is 0 Å². The van der Waals surface area contributed by atoms with Gasteiger partial charge in [0.05, 0.1) is 35.6 Å². The van der Waals surface area contributed by atoms with Crippen molar-refractivity contribution in [2.45, 2.75) is 127 Å². The maximum atomic E-state index is 15.5. The van der Waals surface area contributed by atoms with Gasteiger partial charge in [-0.25, -0.2) is 9.59 Å². The normalized spacial score (nSPS) is 29.2. The summed E-state index contributed by atoms with van der Waals surface area (Å²) >= 11 is 0. The fourth-order valence-electron chi connectivity index (χ4n) is 10.6. The minimum Gasteiger partial charge on any atom is -0.481 e. The van der Waals surface area contributed by atoms with Crippen molar-refractivity contribution in [2.24, 2.45) is 22.5 Å². The molecule has 20 nitrogen and oxygen atoms in total. The second-order valence-corrected chi connectivity index (χ2v) is 19.2. The van der Waals surface area contributed by atoms with Crippen LogP contribution in [0.15, 0.2) is 102 Å². The van der Waals surface area contributed by atoms with Crippen LogP contribution in [0.25, 0.3) is 0 Å². The molecule has 0 radical (unpaired) electrons. The molecule has 2 bridgehead atoms. The number of ketones is 1. The van der Waals surface area contributed by atoms with E-state index in [0.717, 1.165) is 13.8 Å². The number of benzene rings is 3. The van der Waals surface area contributed by atoms with Crippen molar-refractivity contribution in [1.82, 2.24) is 5.32 Å². The minimum atomic E-state index is -2.39. The lowest BCUT2D eigenvalue weighted by Crippen LogP contribution is -2.82. The number of hydrogen-bond donors (Lipinski definition) is 7. The Hall–Kier alpha value is -6.84. The first kappa shape index (κ1) is 54.5. The summed E-state index contributed by atoms with van der Waals surface area (Å²) < 4.78 is 30.3. The van der Waals surface area contributed by atoms with Crippen LogP contribution in [0.5, 0.6) is 0 Å². The summed E-state index contributed by atoms with van der Waals surface area (Å²) in [7, 11) is 0. The van der Waals surface area contributed by atoms with Crippen LogP contribution in [0.2, 0.25) is 0 Å². The number of carboxylic acids is 2. The Kier molecular flexibility index (Phi) is 16.3. The topological polar surface area (TPSA) is 322 Å². The van der Waals surface area contributed by atoms with Gasteiger partial charge in [-0.05, 0) is 61.2 Å². The van der Waals surface area contributed by atoms with Crippen LogP contribution in [-0.4, -0.2) is 134 Å². The Morgan fingerprint density at radius 3 is 1.92 bits per heavy atom. The average molecular weight is 1000 g/mol. The predicted molar refractivity (Wildman–Crippen MR) is 250 cm³/mol. The van der Waals surface area contributed by atoms with Crippen LogP contribution in [0.4, 0.5) is 0 Å². The quantitative estimate of drug-likeness (QED) is 0.0693. The number of aliphatic carboxylic acids is 2. The molecule has 386 valence electrons. The van der Waals surface area contributed by atoms with E-state index < -0.39 is 131 Å². The molecule has 2 saturated carbocycles. The molecule has 3 aliphatic carbocycles. The van der Waals surface area contributed by atoms with E-state index in [1.807, 2.05) is 0 Å². The van der Waals surface area contributed by atoms with Gasteiger partial charge >= 0.3 is 35.8 Å². The van der Waals surface area contributed by atoms with Gasteiger partial charge in [0.15, 0.2) is 23.6 Å². The van der Waals surface area contributed by atoms with Gasteiger partial charge in [-0.3, -0.25) is 28.8 Å². The SMILES string of the molecule is CC(=O)O[C@H]1C(=O)[C@@]2(C)[C@H]([C@H](OC(=O)c3ccccc3)[C@]3(O)C[C@H](OC(=O)[C@H](O)[C@@H](NC(=O)c4ccccc4)c4ccccc4)C(C)=C1C3(C)C)[C@]1(OC(C)=O)CO[C@@H]1C[C@@H]2O.NC(CCC(=O)O)C(=O)O. The number of aliphatic hydroxyl groups excluding tert-OH is 2. The number of amides is 1. The van der Waals surface area contributed by atoms with Crippen molar-refractivity contribution in [1.29, 1.82) is 0 Å². The summed E-state index contributed by atoms with van der Waals surface area (Å²) in [6.07, 6.45) is -10.7. The third-order valence-corrected chi connectivity index (χ3v) is 14.5. The molecular formula is C52H60N2O18. The number of nitrogens with one attached hydrogen (secondary N) is 1. The standard InChI is InChI=1S/C47H51NO14.C5H9NO4/c1-25-31(60-43(56)36(52)35(28-16-10-7-11-17-28)48-41(54)29-18-12-8-13-19-29)23-47(57)40(61-42(55)30-20-14-9-15-21-30)38-45(6,32(51)22-33-46(38,24-58-33)62-27(3)50)39(53)37(59-26(2)49)34(25)44(47,4)5;6-3(5(9)10)1-2-4(7)8/h7-21,31-33,35-38,40,51-52,57H,22-24H2,1-6H3,(H,48,54);3H,1-2,6H2,(H,7,8)(H,9,10)/t31-,32-,33+,35-,36+,37+,38-,40-,45+,46-,47+;/m0./s1. The van der Waals surface area contributed by atoms with Crippen LogP contribution in [0, 0.1) is 16.7 Å². The lowest BCUT2D eigenvalue weighted by atomic mass is 9.44. The number of Topliss-reactive ketones (excluding diaryl/α,β-unsaturated/α-hetero) is 1. The third kappa shape index (κ3) is 10.4. The number of nitrogens with two attached hydrogens (primary N) is 1. The number of esters is 4. The lowest BCUT2D eigenvalue weighted by Gasteiger charge is -2.67. The Labute approximate surface area is 414 Å². The second-order valence-electron chi connectivity index (χ2n) is 19.2. The van der Waals surface area contributed by atoms with E-state index in [0.29, 0.717) is 5.56 Å². The summed E-state index contributed by atoms with van der Waals surface area (Å²) in [5.74, 6) is -9.04. The fourth-order valence-corrected chi connectivity index (χ4v) is 10.6. The monoisotopic (exact) mass is 1000 g/mol. The van der Waals surface area contributed by atoms with Crippen molar-refractivity contribution < 1.29 is 87.6 Å². The molecule has 1 amide bonds. The van der Waals surface area contributed by atoms with Gasteiger partial charge in [0.25, 0.3) is 5.91 Å². The molecule has 1 aliphatic heterocycles. The molecule has 0 spiro atoms. The molecule has 3 aromatic rings. The Morgan fingerprint density at radius 1 is 0.833 bits per heavy atom. The molecule has 12 atom stereocenters. The van der Waals surface area contributed by atoms with Crippen molar-refractivity contribution >= 4 is 47.5 Å². The first-order chi connectivity index (χ1) is 33.8. The second kappa shape index (κ2) is 21.5. The average Bonchev–Trinajstić information content (AvgIpc) is 3.33. The van der Waals surface area contributed by atoms with E-state index in [-0.39, 0.29) is 48.1 Å². The lowest BCUT2D eigenvalue weighted by molar-refractivity contribution is -0.346. The molecule has 8 N–H and O–H groups in total. The fraction of sp³-hybridized carbons (Fsp3) is 0.462. The number of carbonyl (C=O) groups is 8. The van der Waals surface area contributed by atoms with Crippen LogP contribution in [-0.2, 0) is 52.5 Å².